The van der Waals surface area contributed by atoms with Gasteiger partial charge in [-0.1, -0.05) is 12.1 Å². The standard InChI is InChI=1S/C15H21N3O3S/c1-12(11-18-9-3-8-17-18)16-10-15(19)13-4-6-14(7-5-13)22(2,20)21/h3-9,12,15-16,19H,10-11H2,1-2H3/t12-,15+/m1/s1. The number of rotatable bonds is 7. The molecule has 0 saturated heterocycles. The first-order valence-corrected chi connectivity index (χ1v) is 8.94. The van der Waals surface area contributed by atoms with Crippen molar-refractivity contribution in [3.05, 3.63) is 48.3 Å². The molecule has 0 bridgehead atoms. The monoisotopic (exact) mass is 323 g/mol. The third kappa shape index (κ3) is 4.66. The Hall–Kier alpha value is -1.70. The van der Waals surface area contributed by atoms with Crippen LogP contribution in [0, 0.1) is 0 Å². The van der Waals surface area contributed by atoms with Gasteiger partial charge in [0.15, 0.2) is 9.84 Å². The molecule has 0 aliphatic rings. The Kier molecular flexibility index (Phi) is 5.33. The quantitative estimate of drug-likeness (QED) is 0.794. The van der Waals surface area contributed by atoms with E-state index in [9.17, 15) is 13.5 Å². The number of aliphatic hydroxyl groups excluding tert-OH is 1. The zero-order chi connectivity index (χ0) is 16.2. The molecule has 2 N–H and O–H groups in total. The van der Waals surface area contributed by atoms with Gasteiger partial charge >= 0.3 is 0 Å². The Morgan fingerprint density at radius 1 is 1.32 bits per heavy atom. The third-order valence-corrected chi connectivity index (χ3v) is 4.50. The largest absolute Gasteiger partial charge is 0.387 e. The van der Waals surface area contributed by atoms with E-state index in [1.54, 1.807) is 18.3 Å². The summed E-state index contributed by atoms with van der Waals surface area (Å²) in [6.45, 7) is 3.12. The lowest BCUT2D eigenvalue weighted by atomic mass is 10.1. The fourth-order valence-corrected chi connectivity index (χ4v) is 2.75. The van der Waals surface area contributed by atoms with Gasteiger partial charge in [-0.15, -0.1) is 0 Å². The molecule has 0 aliphatic heterocycles. The van der Waals surface area contributed by atoms with Gasteiger partial charge in [0.25, 0.3) is 0 Å². The molecule has 2 rings (SSSR count). The van der Waals surface area contributed by atoms with Crippen molar-refractivity contribution in [3.8, 4) is 0 Å². The second-order valence-corrected chi connectivity index (χ2v) is 7.41. The minimum atomic E-state index is -3.21. The van der Waals surface area contributed by atoms with E-state index in [1.807, 2.05) is 23.9 Å². The molecular weight excluding hydrogens is 302 g/mol. The van der Waals surface area contributed by atoms with E-state index in [4.69, 9.17) is 0 Å². The van der Waals surface area contributed by atoms with Gasteiger partial charge in [0.2, 0.25) is 0 Å². The Balaban J connectivity index is 1.88. The summed E-state index contributed by atoms with van der Waals surface area (Å²) in [6, 6.07) is 8.33. The Bertz CT molecular complexity index is 681. The fourth-order valence-electron chi connectivity index (χ4n) is 2.12. The molecule has 1 aromatic heterocycles. The third-order valence-electron chi connectivity index (χ3n) is 3.37. The van der Waals surface area contributed by atoms with Crippen LogP contribution in [-0.2, 0) is 16.4 Å². The Labute approximate surface area is 130 Å². The summed E-state index contributed by atoms with van der Waals surface area (Å²) in [4.78, 5) is 0.253. The van der Waals surface area contributed by atoms with E-state index in [0.717, 1.165) is 6.26 Å². The van der Waals surface area contributed by atoms with Gasteiger partial charge in [0.05, 0.1) is 17.5 Å². The highest BCUT2D eigenvalue weighted by Crippen LogP contribution is 2.16. The number of aliphatic hydroxyl groups is 1. The maximum atomic E-state index is 11.4. The van der Waals surface area contributed by atoms with Gasteiger partial charge in [-0.05, 0) is 30.7 Å². The Morgan fingerprint density at radius 3 is 2.55 bits per heavy atom. The van der Waals surface area contributed by atoms with Gasteiger partial charge in [0, 0.05) is 31.2 Å². The molecule has 0 fully saturated rings. The average molecular weight is 323 g/mol. The first-order chi connectivity index (χ1) is 10.4. The molecule has 1 heterocycles. The summed E-state index contributed by atoms with van der Waals surface area (Å²) < 4.78 is 24.6. The number of hydrogen-bond donors (Lipinski definition) is 2. The van der Waals surface area contributed by atoms with Crippen LogP contribution in [0.2, 0.25) is 0 Å². The van der Waals surface area contributed by atoms with Crippen molar-refractivity contribution < 1.29 is 13.5 Å². The van der Waals surface area contributed by atoms with Crippen molar-refractivity contribution in [1.29, 1.82) is 0 Å². The summed E-state index contributed by atoms with van der Waals surface area (Å²) in [7, 11) is -3.21. The molecule has 120 valence electrons. The molecular formula is C15H21N3O3S. The van der Waals surface area contributed by atoms with E-state index < -0.39 is 15.9 Å². The van der Waals surface area contributed by atoms with Gasteiger partial charge in [-0.2, -0.15) is 5.10 Å². The second kappa shape index (κ2) is 7.04. The summed E-state index contributed by atoms with van der Waals surface area (Å²) in [6.07, 6.45) is 4.09. The van der Waals surface area contributed by atoms with Crippen LogP contribution < -0.4 is 5.32 Å². The first kappa shape index (κ1) is 16.7. The second-order valence-electron chi connectivity index (χ2n) is 5.39. The number of hydrogen-bond acceptors (Lipinski definition) is 5. The molecule has 0 radical (unpaired) electrons. The SMILES string of the molecule is C[C@H](Cn1cccn1)NC[C@H](O)c1ccc(S(C)(=O)=O)cc1. The maximum absolute atomic E-state index is 11.4. The van der Waals surface area contributed by atoms with Crippen molar-refractivity contribution in [2.45, 2.75) is 30.5 Å². The fraction of sp³-hybridized carbons (Fsp3) is 0.400. The number of aromatic nitrogens is 2. The van der Waals surface area contributed by atoms with Gasteiger partial charge in [0.1, 0.15) is 0 Å². The highest BCUT2D eigenvalue weighted by atomic mass is 32.2. The summed E-state index contributed by atoms with van der Waals surface area (Å²) >= 11 is 0. The molecule has 0 spiro atoms. The van der Waals surface area contributed by atoms with Crippen molar-refractivity contribution >= 4 is 9.84 Å². The minimum absolute atomic E-state index is 0.157. The molecule has 6 nitrogen and oxygen atoms in total. The van der Waals surface area contributed by atoms with Crippen molar-refractivity contribution in [1.82, 2.24) is 15.1 Å². The van der Waals surface area contributed by atoms with Crippen LogP contribution in [0.25, 0.3) is 0 Å². The van der Waals surface area contributed by atoms with Crippen LogP contribution in [0.1, 0.15) is 18.6 Å². The number of benzene rings is 1. The predicted molar refractivity (Wildman–Crippen MR) is 84.2 cm³/mol. The van der Waals surface area contributed by atoms with Crippen LogP contribution in [0.3, 0.4) is 0 Å². The zero-order valence-electron chi connectivity index (χ0n) is 12.7. The van der Waals surface area contributed by atoms with Crippen LogP contribution in [0.5, 0.6) is 0 Å². The number of sulfone groups is 1. The molecule has 2 atom stereocenters. The van der Waals surface area contributed by atoms with Crippen molar-refractivity contribution in [2.24, 2.45) is 0 Å². The molecule has 0 saturated carbocycles. The van der Waals surface area contributed by atoms with Gasteiger partial charge in [-0.3, -0.25) is 4.68 Å². The van der Waals surface area contributed by atoms with Crippen molar-refractivity contribution in [2.75, 3.05) is 12.8 Å². The summed E-state index contributed by atoms with van der Waals surface area (Å²) in [5, 5.41) is 17.5. The first-order valence-electron chi connectivity index (χ1n) is 7.05. The smallest absolute Gasteiger partial charge is 0.175 e. The van der Waals surface area contributed by atoms with E-state index >= 15 is 0 Å². The van der Waals surface area contributed by atoms with Crippen LogP contribution in [0.4, 0.5) is 0 Å². The topological polar surface area (TPSA) is 84.2 Å². The zero-order valence-corrected chi connectivity index (χ0v) is 13.5. The van der Waals surface area contributed by atoms with Crippen LogP contribution in [0.15, 0.2) is 47.6 Å². The molecule has 7 heteroatoms. The minimum Gasteiger partial charge on any atom is -0.387 e. The van der Waals surface area contributed by atoms with Crippen LogP contribution in [-0.4, -0.2) is 42.1 Å². The summed E-state index contributed by atoms with van der Waals surface area (Å²) in [5.74, 6) is 0. The molecule has 2 aromatic rings. The molecule has 1 aromatic carbocycles. The molecule has 0 aliphatic carbocycles. The van der Waals surface area contributed by atoms with Gasteiger partial charge in [-0.25, -0.2) is 8.42 Å². The lowest BCUT2D eigenvalue weighted by Gasteiger charge is -2.17. The number of nitrogens with zero attached hydrogens (tertiary/aromatic N) is 2. The normalized spacial score (nSPS) is 14.7. The Morgan fingerprint density at radius 2 is 2.00 bits per heavy atom. The highest BCUT2D eigenvalue weighted by molar-refractivity contribution is 7.90. The lowest BCUT2D eigenvalue weighted by Crippen LogP contribution is -2.33. The van der Waals surface area contributed by atoms with E-state index in [1.165, 1.54) is 12.1 Å². The van der Waals surface area contributed by atoms with Crippen molar-refractivity contribution in [3.63, 3.8) is 0 Å². The van der Waals surface area contributed by atoms with Gasteiger partial charge < -0.3 is 10.4 Å². The lowest BCUT2D eigenvalue weighted by molar-refractivity contribution is 0.169. The molecule has 22 heavy (non-hydrogen) atoms. The van der Waals surface area contributed by atoms with E-state index in [0.29, 0.717) is 18.7 Å². The predicted octanol–water partition coefficient (Wildman–Crippen LogP) is 0.998. The average Bonchev–Trinajstić information content (AvgIpc) is 2.97. The van der Waals surface area contributed by atoms with E-state index in [-0.39, 0.29) is 10.9 Å². The van der Waals surface area contributed by atoms with Crippen LogP contribution >= 0.6 is 0 Å². The molecule has 0 amide bonds. The van der Waals surface area contributed by atoms with E-state index in [2.05, 4.69) is 10.4 Å². The number of nitrogens with one attached hydrogen (secondary N) is 1. The maximum Gasteiger partial charge on any atom is 0.175 e. The molecule has 0 unspecified atom stereocenters. The highest BCUT2D eigenvalue weighted by Gasteiger charge is 2.12. The summed E-state index contributed by atoms with van der Waals surface area (Å²) in [5.41, 5.74) is 0.686.